The van der Waals surface area contributed by atoms with Crippen molar-refractivity contribution in [1.82, 2.24) is 9.97 Å². The molecule has 0 atom stereocenters. The number of benzene rings is 1. The van der Waals surface area contributed by atoms with E-state index in [0.29, 0.717) is 0 Å². The van der Waals surface area contributed by atoms with Crippen molar-refractivity contribution in [2.24, 2.45) is 0 Å². The van der Waals surface area contributed by atoms with Gasteiger partial charge in [0, 0.05) is 17.8 Å². The highest BCUT2D eigenvalue weighted by Crippen LogP contribution is 2.36. The summed E-state index contributed by atoms with van der Waals surface area (Å²) in [6.45, 7) is 1.30. The molecule has 1 aromatic heterocycles. The molecule has 0 radical (unpaired) electrons. The van der Waals surface area contributed by atoms with Crippen LogP contribution in [0.3, 0.4) is 0 Å². The van der Waals surface area contributed by atoms with Crippen LogP contribution in [0.1, 0.15) is 5.69 Å². The second-order valence-corrected chi connectivity index (χ2v) is 6.68. The molecule has 130 valence electrons. The molecule has 1 heterocycles. The van der Waals surface area contributed by atoms with Crippen LogP contribution < -0.4 is 25.4 Å². The molecule has 11 heteroatoms. The van der Waals surface area contributed by atoms with E-state index in [9.17, 15) is 18.0 Å². The fourth-order valence-electron chi connectivity index (χ4n) is 2.05. The van der Waals surface area contributed by atoms with Gasteiger partial charge in [-0.05, 0) is 6.92 Å². The SMILES string of the molecule is COc1cc(NS(=O)(=O)c2c(C)[nH]c(=O)[nH]c2=O)c(OC)cc1Cl. The molecule has 0 saturated carbocycles. The molecule has 0 aliphatic carbocycles. The summed E-state index contributed by atoms with van der Waals surface area (Å²) in [5.74, 6) is 0.338. The average molecular weight is 376 g/mol. The molecule has 1 aromatic carbocycles. The smallest absolute Gasteiger partial charge is 0.325 e. The fraction of sp³-hybridized carbons (Fsp3) is 0.231. The summed E-state index contributed by atoms with van der Waals surface area (Å²) in [5, 5.41) is 0.218. The molecule has 0 aliphatic rings. The highest BCUT2D eigenvalue weighted by molar-refractivity contribution is 7.92. The van der Waals surface area contributed by atoms with Gasteiger partial charge in [0.1, 0.15) is 11.5 Å². The van der Waals surface area contributed by atoms with Crippen LogP contribution in [-0.4, -0.2) is 32.6 Å². The van der Waals surface area contributed by atoms with Gasteiger partial charge in [0.15, 0.2) is 4.90 Å². The van der Waals surface area contributed by atoms with Crippen molar-refractivity contribution in [1.29, 1.82) is 0 Å². The molecule has 0 fully saturated rings. The van der Waals surface area contributed by atoms with Gasteiger partial charge in [-0.15, -0.1) is 0 Å². The molecule has 0 saturated heterocycles. The van der Waals surface area contributed by atoms with Crippen LogP contribution in [0.2, 0.25) is 5.02 Å². The first kappa shape index (κ1) is 17.9. The number of ether oxygens (including phenoxy) is 2. The molecule has 9 nitrogen and oxygen atoms in total. The Hall–Kier alpha value is -2.46. The molecular weight excluding hydrogens is 362 g/mol. The highest BCUT2D eigenvalue weighted by atomic mass is 35.5. The Morgan fingerprint density at radius 3 is 2.25 bits per heavy atom. The minimum atomic E-state index is -4.30. The van der Waals surface area contributed by atoms with Crippen molar-refractivity contribution in [3.05, 3.63) is 43.7 Å². The van der Waals surface area contributed by atoms with E-state index in [1.165, 1.54) is 33.3 Å². The molecular formula is C13H14ClN3O6S. The second-order valence-electron chi connectivity index (χ2n) is 4.65. The summed E-state index contributed by atoms with van der Waals surface area (Å²) >= 11 is 5.96. The van der Waals surface area contributed by atoms with Crippen LogP contribution in [0.5, 0.6) is 11.5 Å². The number of aromatic nitrogens is 2. The molecule has 0 unspecified atom stereocenters. The summed E-state index contributed by atoms with van der Waals surface area (Å²) in [4.78, 5) is 26.5. The standard InChI is InChI=1S/C13H14ClN3O6S/c1-6-11(12(18)16-13(19)15-6)24(20,21)17-8-5-9(22-2)7(14)4-10(8)23-3/h4-5,17H,1-3H3,(H2,15,16,18,19). The minimum Gasteiger partial charge on any atom is -0.495 e. The van der Waals surface area contributed by atoms with Gasteiger partial charge < -0.3 is 14.5 Å². The Bertz CT molecular complexity index is 996. The summed E-state index contributed by atoms with van der Waals surface area (Å²) in [5.41, 5.74) is -1.93. The lowest BCUT2D eigenvalue weighted by atomic mass is 10.3. The number of aromatic amines is 2. The number of nitrogens with one attached hydrogen (secondary N) is 3. The van der Waals surface area contributed by atoms with Crippen LogP contribution >= 0.6 is 11.6 Å². The molecule has 2 aromatic rings. The van der Waals surface area contributed by atoms with Crippen LogP contribution in [0.4, 0.5) is 5.69 Å². The highest BCUT2D eigenvalue weighted by Gasteiger charge is 2.24. The Labute approximate surface area is 141 Å². The monoisotopic (exact) mass is 375 g/mol. The zero-order chi connectivity index (χ0) is 18.1. The first-order valence-corrected chi connectivity index (χ1v) is 8.33. The molecule has 0 spiro atoms. The van der Waals surface area contributed by atoms with Crippen molar-refractivity contribution in [3.8, 4) is 11.5 Å². The Morgan fingerprint density at radius 1 is 1.08 bits per heavy atom. The summed E-state index contributed by atoms with van der Waals surface area (Å²) in [6.07, 6.45) is 0. The van der Waals surface area contributed by atoms with Crippen molar-refractivity contribution < 1.29 is 17.9 Å². The van der Waals surface area contributed by atoms with E-state index in [2.05, 4.69) is 9.71 Å². The summed E-state index contributed by atoms with van der Waals surface area (Å²) in [7, 11) is -1.61. The van der Waals surface area contributed by atoms with Gasteiger partial charge in [-0.25, -0.2) is 13.2 Å². The average Bonchev–Trinajstić information content (AvgIpc) is 2.46. The van der Waals surface area contributed by atoms with Gasteiger partial charge in [-0.1, -0.05) is 11.6 Å². The number of anilines is 1. The third-order valence-corrected chi connectivity index (χ3v) is 4.87. The Balaban J connectivity index is 2.59. The van der Waals surface area contributed by atoms with Gasteiger partial charge in [-0.2, -0.15) is 0 Å². The number of sulfonamides is 1. The number of hydrogen-bond acceptors (Lipinski definition) is 6. The topological polar surface area (TPSA) is 130 Å². The third-order valence-electron chi connectivity index (χ3n) is 3.06. The molecule has 0 aliphatic heterocycles. The quantitative estimate of drug-likeness (QED) is 0.710. The van der Waals surface area contributed by atoms with Gasteiger partial charge in [0.2, 0.25) is 0 Å². The third kappa shape index (κ3) is 3.39. The number of rotatable bonds is 5. The molecule has 0 amide bonds. The van der Waals surface area contributed by atoms with E-state index in [4.69, 9.17) is 21.1 Å². The second kappa shape index (κ2) is 6.57. The van der Waals surface area contributed by atoms with Crippen LogP contribution in [0.25, 0.3) is 0 Å². The Kier molecular flexibility index (Phi) is 4.90. The van der Waals surface area contributed by atoms with E-state index in [0.717, 1.165) is 0 Å². The van der Waals surface area contributed by atoms with E-state index in [1.54, 1.807) is 0 Å². The number of halogens is 1. The fourth-order valence-corrected chi connectivity index (χ4v) is 3.58. The maximum Gasteiger partial charge on any atom is 0.325 e. The Morgan fingerprint density at radius 2 is 1.71 bits per heavy atom. The predicted octanol–water partition coefficient (Wildman–Crippen LogP) is 0.843. The predicted molar refractivity (Wildman–Crippen MR) is 87.8 cm³/mol. The van der Waals surface area contributed by atoms with Crippen molar-refractivity contribution in [2.75, 3.05) is 18.9 Å². The number of aryl methyl sites for hydroxylation is 1. The number of methoxy groups -OCH3 is 2. The lowest BCUT2D eigenvalue weighted by Crippen LogP contribution is -2.31. The van der Waals surface area contributed by atoms with E-state index in [-0.39, 0.29) is 27.9 Å². The van der Waals surface area contributed by atoms with Gasteiger partial charge in [0.05, 0.1) is 24.9 Å². The van der Waals surface area contributed by atoms with Crippen molar-refractivity contribution in [3.63, 3.8) is 0 Å². The maximum absolute atomic E-state index is 12.5. The molecule has 0 bridgehead atoms. The van der Waals surface area contributed by atoms with Crippen LogP contribution in [-0.2, 0) is 10.0 Å². The lowest BCUT2D eigenvalue weighted by molar-refractivity contribution is 0.405. The zero-order valence-electron chi connectivity index (χ0n) is 12.9. The van der Waals surface area contributed by atoms with Crippen LogP contribution in [0, 0.1) is 6.92 Å². The maximum atomic E-state index is 12.5. The van der Waals surface area contributed by atoms with Crippen molar-refractivity contribution >= 4 is 27.3 Å². The molecule has 24 heavy (non-hydrogen) atoms. The van der Waals surface area contributed by atoms with Gasteiger partial charge in [0.25, 0.3) is 15.6 Å². The minimum absolute atomic E-state index is 0.0174. The lowest BCUT2D eigenvalue weighted by Gasteiger charge is -2.14. The van der Waals surface area contributed by atoms with E-state index < -0.39 is 26.2 Å². The molecule has 3 N–H and O–H groups in total. The van der Waals surface area contributed by atoms with E-state index in [1.807, 2.05) is 4.98 Å². The van der Waals surface area contributed by atoms with Crippen molar-refractivity contribution in [2.45, 2.75) is 11.8 Å². The summed E-state index contributed by atoms with van der Waals surface area (Å²) in [6, 6.07) is 2.68. The van der Waals surface area contributed by atoms with Gasteiger partial charge >= 0.3 is 5.69 Å². The first-order chi connectivity index (χ1) is 11.2. The van der Waals surface area contributed by atoms with Gasteiger partial charge in [-0.3, -0.25) is 14.5 Å². The summed E-state index contributed by atoms with van der Waals surface area (Å²) < 4.78 is 37.4. The number of H-pyrrole nitrogens is 2. The number of hydrogen-bond donors (Lipinski definition) is 3. The normalized spacial score (nSPS) is 11.2. The first-order valence-electron chi connectivity index (χ1n) is 6.47. The van der Waals surface area contributed by atoms with E-state index >= 15 is 0 Å². The zero-order valence-corrected chi connectivity index (χ0v) is 14.5. The molecule has 2 rings (SSSR count). The largest absolute Gasteiger partial charge is 0.495 e. The van der Waals surface area contributed by atoms with Crippen LogP contribution in [0.15, 0.2) is 26.6 Å².